The van der Waals surface area contributed by atoms with Crippen molar-refractivity contribution in [2.75, 3.05) is 6.54 Å². The van der Waals surface area contributed by atoms with Crippen molar-refractivity contribution in [3.05, 3.63) is 30.1 Å². The van der Waals surface area contributed by atoms with Gasteiger partial charge in [0.1, 0.15) is 0 Å². The first-order chi connectivity index (χ1) is 8.13. The summed E-state index contributed by atoms with van der Waals surface area (Å²) in [5.74, 6) is 0.0228. The van der Waals surface area contributed by atoms with Crippen LogP contribution in [0, 0.1) is 0 Å². The van der Waals surface area contributed by atoms with E-state index in [4.69, 9.17) is 0 Å². The number of aromatic nitrogens is 1. The first kappa shape index (κ1) is 13.6. The number of hydrogen-bond donors (Lipinski definition) is 2. The van der Waals surface area contributed by atoms with E-state index in [0.29, 0.717) is 12.6 Å². The summed E-state index contributed by atoms with van der Waals surface area (Å²) in [7, 11) is 0. The number of carbonyl (C=O) groups excluding carboxylic acids is 1. The Hall–Kier alpha value is -1.42. The molecule has 0 aliphatic rings. The number of carbonyl (C=O) groups is 1. The lowest BCUT2D eigenvalue weighted by Gasteiger charge is -2.16. The van der Waals surface area contributed by atoms with E-state index in [-0.39, 0.29) is 11.9 Å². The van der Waals surface area contributed by atoms with E-state index in [1.165, 1.54) is 0 Å². The number of hydrogen-bond acceptors (Lipinski definition) is 3. The van der Waals surface area contributed by atoms with Gasteiger partial charge in [0.05, 0.1) is 12.6 Å². The van der Waals surface area contributed by atoms with Crippen LogP contribution in [-0.2, 0) is 4.79 Å². The minimum absolute atomic E-state index is 0.0178. The summed E-state index contributed by atoms with van der Waals surface area (Å²) in [5, 5.41) is 6.11. The van der Waals surface area contributed by atoms with Gasteiger partial charge < -0.3 is 10.6 Å². The molecule has 0 aliphatic heterocycles. The van der Waals surface area contributed by atoms with Crippen LogP contribution in [0.15, 0.2) is 24.5 Å². The van der Waals surface area contributed by atoms with Gasteiger partial charge in [0.2, 0.25) is 5.91 Å². The molecule has 0 aromatic carbocycles. The molecule has 4 heteroatoms. The molecule has 4 nitrogen and oxygen atoms in total. The van der Waals surface area contributed by atoms with E-state index in [1.54, 1.807) is 12.4 Å². The number of nitrogens with one attached hydrogen (secondary N) is 2. The van der Waals surface area contributed by atoms with Crippen LogP contribution in [0.25, 0.3) is 0 Å². The number of pyridine rings is 1. The largest absolute Gasteiger partial charge is 0.348 e. The standard InChI is InChI=1S/C13H21N3O/c1-4-10(2)15-9-13(17)16-11(3)12-5-7-14-8-6-12/h5-8,10-11,15H,4,9H2,1-3H3,(H,16,17)/t10?,11-/m1/s1. The minimum Gasteiger partial charge on any atom is -0.348 e. The third-order valence-corrected chi connectivity index (χ3v) is 2.81. The molecule has 0 fully saturated rings. The Kier molecular flexibility index (Phi) is 5.63. The average molecular weight is 235 g/mol. The maximum absolute atomic E-state index is 11.7. The summed E-state index contributed by atoms with van der Waals surface area (Å²) < 4.78 is 0. The highest BCUT2D eigenvalue weighted by Gasteiger charge is 2.09. The number of nitrogens with zero attached hydrogens (tertiary/aromatic N) is 1. The summed E-state index contributed by atoms with van der Waals surface area (Å²) in [4.78, 5) is 15.6. The quantitative estimate of drug-likeness (QED) is 0.788. The van der Waals surface area contributed by atoms with Gasteiger partial charge in [0.25, 0.3) is 0 Å². The van der Waals surface area contributed by atoms with Crippen LogP contribution in [0.1, 0.15) is 38.8 Å². The third kappa shape index (κ3) is 4.95. The van der Waals surface area contributed by atoms with Gasteiger partial charge in [-0.15, -0.1) is 0 Å². The number of rotatable bonds is 6. The fourth-order valence-electron chi connectivity index (χ4n) is 1.44. The predicted molar refractivity (Wildman–Crippen MR) is 68.6 cm³/mol. The predicted octanol–water partition coefficient (Wildman–Crippen LogP) is 1.65. The number of amides is 1. The molecule has 1 aromatic heterocycles. The molecule has 0 saturated carbocycles. The first-order valence-corrected chi connectivity index (χ1v) is 6.06. The Morgan fingerprint density at radius 3 is 2.59 bits per heavy atom. The lowest BCUT2D eigenvalue weighted by atomic mass is 10.1. The average Bonchev–Trinajstić information content (AvgIpc) is 2.36. The molecule has 0 radical (unpaired) electrons. The Labute approximate surface area is 103 Å². The summed E-state index contributed by atoms with van der Waals surface area (Å²) in [6, 6.07) is 4.21. The summed E-state index contributed by atoms with van der Waals surface area (Å²) in [6.45, 7) is 6.50. The molecule has 0 aliphatic carbocycles. The second-order valence-corrected chi connectivity index (χ2v) is 4.26. The van der Waals surface area contributed by atoms with Crippen LogP contribution in [0.2, 0.25) is 0 Å². The zero-order chi connectivity index (χ0) is 12.7. The van der Waals surface area contributed by atoms with Crippen LogP contribution in [0.3, 0.4) is 0 Å². The molecule has 1 aromatic rings. The van der Waals surface area contributed by atoms with Gasteiger partial charge in [0, 0.05) is 18.4 Å². The lowest BCUT2D eigenvalue weighted by Crippen LogP contribution is -2.38. The molecule has 1 rings (SSSR count). The van der Waals surface area contributed by atoms with Crippen molar-refractivity contribution in [3.63, 3.8) is 0 Å². The van der Waals surface area contributed by atoms with Crippen molar-refractivity contribution in [2.45, 2.75) is 39.3 Å². The molecule has 17 heavy (non-hydrogen) atoms. The van der Waals surface area contributed by atoms with Crippen LogP contribution in [0.4, 0.5) is 0 Å². The normalized spacial score (nSPS) is 14.1. The Morgan fingerprint density at radius 2 is 2.00 bits per heavy atom. The van der Waals surface area contributed by atoms with Crippen molar-refractivity contribution >= 4 is 5.91 Å². The van der Waals surface area contributed by atoms with Gasteiger partial charge in [-0.2, -0.15) is 0 Å². The minimum atomic E-state index is 0.0178. The van der Waals surface area contributed by atoms with E-state index < -0.39 is 0 Å². The zero-order valence-electron chi connectivity index (χ0n) is 10.7. The molecular formula is C13H21N3O. The van der Waals surface area contributed by atoms with Gasteiger partial charge in [0.15, 0.2) is 0 Å². The maximum atomic E-state index is 11.7. The van der Waals surface area contributed by atoms with Crippen molar-refractivity contribution in [2.24, 2.45) is 0 Å². The first-order valence-electron chi connectivity index (χ1n) is 6.06. The molecule has 1 amide bonds. The summed E-state index contributed by atoms with van der Waals surface area (Å²) in [6.07, 6.45) is 4.48. The van der Waals surface area contributed by atoms with Crippen molar-refractivity contribution < 1.29 is 4.79 Å². The van der Waals surface area contributed by atoms with Crippen molar-refractivity contribution in [1.82, 2.24) is 15.6 Å². The molecule has 0 saturated heterocycles. The zero-order valence-corrected chi connectivity index (χ0v) is 10.7. The van der Waals surface area contributed by atoms with E-state index in [9.17, 15) is 4.79 Å². The Bertz CT molecular complexity index is 340. The topological polar surface area (TPSA) is 54.0 Å². The maximum Gasteiger partial charge on any atom is 0.234 e. The fraction of sp³-hybridized carbons (Fsp3) is 0.538. The van der Waals surface area contributed by atoms with Crippen molar-refractivity contribution in [1.29, 1.82) is 0 Å². The van der Waals surface area contributed by atoms with Crippen molar-refractivity contribution in [3.8, 4) is 0 Å². The molecule has 0 spiro atoms. The molecule has 2 N–H and O–H groups in total. The monoisotopic (exact) mass is 235 g/mol. The molecule has 94 valence electrons. The molecular weight excluding hydrogens is 214 g/mol. The smallest absolute Gasteiger partial charge is 0.234 e. The molecule has 1 heterocycles. The SMILES string of the molecule is CCC(C)NCC(=O)N[C@H](C)c1ccncc1. The van der Waals surface area contributed by atoms with Crippen LogP contribution >= 0.6 is 0 Å². The Morgan fingerprint density at radius 1 is 1.35 bits per heavy atom. The van der Waals surface area contributed by atoms with E-state index in [0.717, 1.165) is 12.0 Å². The van der Waals surface area contributed by atoms with Crippen LogP contribution in [-0.4, -0.2) is 23.5 Å². The summed E-state index contributed by atoms with van der Waals surface area (Å²) in [5.41, 5.74) is 1.07. The highest BCUT2D eigenvalue weighted by molar-refractivity contribution is 5.78. The van der Waals surface area contributed by atoms with E-state index >= 15 is 0 Å². The third-order valence-electron chi connectivity index (χ3n) is 2.81. The summed E-state index contributed by atoms with van der Waals surface area (Å²) >= 11 is 0. The van der Waals surface area contributed by atoms with Crippen LogP contribution < -0.4 is 10.6 Å². The van der Waals surface area contributed by atoms with E-state index in [2.05, 4.69) is 29.5 Å². The van der Waals surface area contributed by atoms with Gasteiger partial charge in [-0.3, -0.25) is 9.78 Å². The molecule has 2 atom stereocenters. The highest BCUT2D eigenvalue weighted by Crippen LogP contribution is 2.09. The van der Waals surface area contributed by atoms with E-state index in [1.807, 2.05) is 19.1 Å². The second kappa shape index (κ2) is 7.01. The lowest BCUT2D eigenvalue weighted by molar-refractivity contribution is -0.121. The molecule has 0 bridgehead atoms. The van der Waals surface area contributed by atoms with Crippen LogP contribution in [0.5, 0.6) is 0 Å². The van der Waals surface area contributed by atoms with Gasteiger partial charge in [-0.05, 0) is 38.0 Å². The molecule has 1 unspecified atom stereocenters. The second-order valence-electron chi connectivity index (χ2n) is 4.26. The van der Waals surface area contributed by atoms with Gasteiger partial charge in [-0.25, -0.2) is 0 Å². The highest BCUT2D eigenvalue weighted by atomic mass is 16.1. The van der Waals surface area contributed by atoms with Gasteiger partial charge >= 0.3 is 0 Å². The fourth-order valence-corrected chi connectivity index (χ4v) is 1.44. The van der Waals surface area contributed by atoms with Gasteiger partial charge in [-0.1, -0.05) is 6.92 Å². The Balaban J connectivity index is 2.36.